The largest absolute Gasteiger partial charge is 0.611 e. The summed E-state index contributed by atoms with van der Waals surface area (Å²) >= 11 is 2.07. The number of hydrogen-bond donors (Lipinski definition) is 1. The Bertz CT molecular complexity index is 1070. The molecule has 1 unspecified atom stereocenters. The van der Waals surface area contributed by atoms with Gasteiger partial charge in [-0.05, 0) is 52.7 Å². The topological polar surface area (TPSA) is 62.0 Å². The Morgan fingerprint density at radius 3 is 2.62 bits per heavy atom. The van der Waals surface area contributed by atoms with E-state index in [4.69, 9.17) is 10.7 Å². The number of unbranched alkanes of at least 4 members (excludes halogenated alkanes) is 3. The van der Waals surface area contributed by atoms with Crippen molar-refractivity contribution in [1.82, 2.24) is 4.98 Å². The van der Waals surface area contributed by atoms with Gasteiger partial charge in [-0.25, -0.2) is 4.98 Å². The molecule has 0 spiro atoms. The van der Waals surface area contributed by atoms with E-state index in [1.165, 1.54) is 24.2 Å². The fraction of sp³-hybridized carbons (Fsp3) is 0.261. The molecule has 0 fully saturated rings. The molecule has 4 aromatic rings. The summed E-state index contributed by atoms with van der Waals surface area (Å²) < 4.78 is 13.7. The third-order valence-corrected chi connectivity index (χ3v) is 8.80. The van der Waals surface area contributed by atoms with Crippen LogP contribution in [0.1, 0.15) is 32.6 Å². The number of thiophene rings is 2. The highest BCUT2D eigenvalue weighted by atomic mass is 32.2. The van der Waals surface area contributed by atoms with Gasteiger partial charge in [0.1, 0.15) is 16.3 Å². The van der Waals surface area contributed by atoms with E-state index in [1.807, 2.05) is 24.3 Å². The van der Waals surface area contributed by atoms with Crippen LogP contribution < -0.4 is 5.73 Å². The van der Waals surface area contributed by atoms with Gasteiger partial charge in [-0.1, -0.05) is 67.5 Å². The molecule has 0 aliphatic heterocycles. The molecule has 0 saturated carbocycles. The van der Waals surface area contributed by atoms with Crippen LogP contribution in [-0.4, -0.2) is 15.3 Å². The lowest BCUT2D eigenvalue weighted by atomic mass is 10.0. The van der Waals surface area contributed by atoms with Crippen molar-refractivity contribution in [2.75, 3.05) is 11.5 Å². The molecule has 1 atom stereocenters. The van der Waals surface area contributed by atoms with Crippen molar-refractivity contribution in [3.8, 4) is 21.7 Å². The molecule has 0 saturated heterocycles. The second-order valence-electron chi connectivity index (χ2n) is 6.99. The minimum atomic E-state index is -1.08. The Morgan fingerprint density at radius 2 is 1.90 bits per heavy atom. The number of fused-ring (bicyclic) bond motifs is 1. The lowest BCUT2D eigenvalue weighted by Gasteiger charge is -2.09. The number of benzene rings is 1. The summed E-state index contributed by atoms with van der Waals surface area (Å²) in [5.74, 6) is 0.662. The Labute approximate surface area is 182 Å². The van der Waals surface area contributed by atoms with Gasteiger partial charge in [0.15, 0.2) is 0 Å². The first kappa shape index (κ1) is 20.4. The number of nitrogens with zero attached hydrogens (tertiary/aromatic N) is 1. The third kappa shape index (κ3) is 4.36. The zero-order valence-electron chi connectivity index (χ0n) is 16.4. The quantitative estimate of drug-likeness (QED) is 0.238. The SMILES string of the molecule is CCCCCC[S+]([O-])c1sc2nc(-c3cccs3)cc(-c3ccccc3)c2c1N. The molecule has 3 aromatic heterocycles. The van der Waals surface area contributed by atoms with Gasteiger partial charge >= 0.3 is 0 Å². The molecule has 3 nitrogen and oxygen atoms in total. The van der Waals surface area contributed by atoms with Crippen molar-refractivity contribution in [1.29, 1.82) is 0 Å². The second-order valence-corrected chi connectivity index (χ2v) is 10.7. The molecule has 4 rings (SSSR count). The molecule has 150 valence electrons. The van der Waals surface area contributed by atoms with Gasteiger partial charge in [-0.2, -0.15) is 0 Å². The number of anilines is 1. The van der Waals surface area contributed by atoms with Gasteiger partial charge in [0.25, 0.3) is 0 Å². The first-order valence-electron chi connectivity index (χ1n) is 9.89. The van der Waals surface area contributed by atoms with Crippen LogP contribution in [0.3, 0.4) is 0 Å². The van der Waals surface area contributed by atoms with Crippen LogP contribution in [0.4, 0.5) is 5.69 Å². The highest BCUT2D eigenvalue weighted by molar-refractivity contribution is 7.93. The fourth-order valence-corrected chi connectivity index (χ4v) is 6.82. The molecule has 0 aliphatic carbocycles. The van der Waals surface area contributed by atoms with E-state index in [-0.39, 0.29) is 0 Å². The molecular weight excluding hydrogens is 416 g/mol. The molecule has 0 bridgehead atoms. The van der Waals surface area contributed by atoms with E-state index < -0.39 is 11.2 Å². The third-order valence-electron chi connectivity index (χ3n) is 4.91. The predicted molar refractivity (Wildman–Crippen MR) is 128 cm³/mol. The summed E-state index contributed by atoms with van der Waals surface area (Å²) in [6.07, 6.45) is 4.44. The van der Waals surface area contributed by atoms with Gasteiger partial charge in [0.2, 0.25) is 4.21 Å². The number of aromatic nitrogens is 1. The highest BCUT2D eigenvalue weighted by Gasteiger charge is 2.24. The van der Waals surface area contributed by atoms with Gasteiger partial charge in [0, 0.05) is 5.39 Å². The summed E-state index contributed by atoms with van der Waals surface area (Å²) in [4.78, 5) is 6.88. The Hall–Kier alpha value is -1.86. The van der Waals surface area contributed by atoms with Gasteiger partial charge < -0.3 is 10.3 Å². The molecule has 6 heteroatoms. The van der Waals surface area contributed by atoms with Crippen LogP contribution in [0.25, 0.3) is 31.9 Å². The van der Waals surface area contributed by atoms with Crippen LogP contribution in [0.15, 0.2) is 58.1 Å². The van der Waals surface area contributed by atoms with E-state index in [2.05, 4.69) is 36.6 Å². The van der Waals surface area contributed by atoms with E-state index >= 15 is 0 Å². The van der Waals surface area contributed by atoms with Gasteiger partial charge in [0.05, 0.1) is 10.6 Å². The van der Waals surface area contributed by atoms with Crippen molar-refractivity contribution in [3.05, 3.63) is 53.9 Å². The summed E-state index contributed by atoms with van der Waals surface area (Å²) in [6.45, 7) is 2.18. The highest BCUT2D eigenvalue weighted by Crippen LogP contribution is 2.43. The Morgan fingerprint density at radius 1 is 1.07 bits per heavy atom. The Balaban J connectivity index is 1.80. The normalized spacial score (nSPS) is 12.5. The lowest BCUT2D eigenvalue weighted by molar-refractivity contribution is 0.590. The van der Waals surface area contributed by atoms with E-state index in [1.54, 1.807) is 11.3 Å². The monoisotopic (exact) mass is 440 g/mol. The number of pyridine rings is 1. The molecule has 0 aliphatic rings. The summed E-state index contributed by atoms with van der Waals surface area (Å²) in [5.41, 5.74) is 10.3. The lowest BCUT2D eigenvalue weighted by Crippen LogP contribution is -2.07. The number of nitrogens with two attached hydrogens (primary N) is 1. The summed E-state index contributed by atoms with van der Waals surface area (Å²) in [7, 11) is 0. The van der Waals surface area contributed by atoms with Crippen LogP contribution in [0.5, 0.6) is 0 Å². The maximum atomic E-state index is 13.0. The number of nitrogen functional groups attached to an aromatic ring is 1. The van der Waals surface area contributed by atoms with Crippen molar-refractivity contribution >= 4 is 49.8 Å². The molecule has 3 heterocycles. The first-order chi connectivity index (χ1) is 14.2. The predicted octanol–water partition coefficient (Wildman–Crippen LogP) is 6.96. The first-order valence-corrected chi connectivity index (χ1v) is 12.9. The van der Waals surface area contributed by atoms with Gasteiger partial charge in [-0.15, -0.1) is 11.3 Å². The van der Waals surface area contributed by atoms with Crippen molar-refractivity contribution in [2.24, 2.45) is 0 Å². The molecule has 29 heavy (non-hydrogen) atoms. The molecule has 1 aromatic carbocycles. The van der Waals surface area contributed by atoms with Crippen molar-refractivity contribution < 1.29 is 4.55 Å². The van der Waals surface area contributed by atoms with E-state index in [9.17, 15) is 4.55 Å². The van der Waals surface area contributed by atoms with Gasteiger partial charge in [-0.3, -0.25) is 0 Å². The number of rotatable bonds is 8. The molecule has 2 N–H and O–H groups in total. The Kier molecular flexibility index (Phi) is 6.55. The zero-order valence-corrected chi connectivity index (χ0v) is 18.8. The molecular formula is C23H24N2OS3. The molecule has 0 radical (unpaired) electrons. The number of hydrogen-bond acceptors (Lipinski definition) is 5. The van der Waals surface area contributed by atoms with E-state index in [0.29, 0.717) is 11.4 Å². The average Bonchev–Trinajstić information content (AvgIpc) is 3.40. The van der Waals surface area contributed by atoms with Crippen LogP contribution in [-0.2, 0) is 11.2 Å². The van der Waals surface area contributed by atoms with Crippen LogP contribution in [0, 0.1) is 0 Å². The smallest absolute Gasteiger partial charge is 0.232 e. The average molecular weight is 441 g/mol. The zero-order chi connectivity index (χ0) is 20.2. The minimum absolute atomic E-state index is 0.628. The van der Waals surface area contributed by atoms with Crippen molar-refractivity contribution in [3.63, 3.8) is 0 Å². The van der Waals surface area contributed by atoms with Crippen LogP contribution >= 0.6 is 22.7 Å². The minimum Gasteiger partial charge on any atom is -0.611 e. The second kappa shape index (κ2) is 9.30. The summed E-state index contributed by atoms with van der Waals surface area (Å²) in [6, 6.07) is 16.5. The molecule has 0 amide bonds. The van der Waals surface area contributed by atoms with E-state index in [0.717, 1.165) is 49.0 Å². The summed E-state index contributed by atoms with van der Waals surface area (Å²) in [5, 5.41) is 2.99. The maximum Gasteiger partial charge on any atom is 0.232 e. The van der Waals surface area contributed by atoms with Crippen molar-refractivity contribution in [2.45, 2.75) is 36.8 Å². The fourth-order valence-electron chi connectivity index (χ4n) is 3.42. The van der Waals surface area contributed by atoms with Crippen LogP contribution in [0.2, 0.25) is 0 Å². The maximum absolute atomic E-state index is 13.0. The standard InChI is InChI=1S/C23H24N2OS3/c1-2-3-4-8-14-29(26)23-21(24)20-17(16-10-6-5-7-11-16)15-18(25-22(20)28-23)19-12-9-13-27-19/h5-7,9-13,15H,2-4,8,14,24H2,1H3.